The molecule has 1 aliphatic rings. The molecule has 1 fully saturated rings. The summed E-state index contributed by atoms with van der Waals surface area (Å²) >= 11 is 1.79. The molecule has 0 bridgehead atoms. The summed E-state index contributed by atoms with van der Waals surface area (Å²) < 4.78 is 11.3. The highest BCUT2D eigenvalue weighted by Gasteiger charge is 2.32. The van der Waals surface area contributed by atoms with Crippen LogP contribution in [-0.4, -0.2) is 67.0 Å². The summed E-state index contributed by atoms with van der Waals surface area (Å²) in [5.74, 6) is 0.440. The number of rotatable bonds is 10. The average Bonchev–Trinajstić information content (AvgIpc) is 2.81. The Kier molecular flexibility index (Phi) is 9.46. The highest BCUT2D eigenvalue weighted by atomic mass is 32.2. The summed E-state index contributed by atoms with van der Waals surface area (Å²) in [5, 5.41) is 0. The van der Waals surface area contributed by atoms with Crippen LogP contribution in [0.1, 0.15) is 43.0 Å². The zero-order valence-electron chi connectivity index (χ0n) is 21.6. The Morgan fingerprint density at radius 1 is 0.971 bits per heavy atom. The molecule has 2 aromatic rings. The first-order chi connectivity index (χ1) is 16.2. The normalized spacial score (nSPS) is 15.4. The SMILES string of the molecule is CCOC(=O)C(C)(C)Oc1c(C)cc(CCN2CCN(Cc3ccc(SC)cc3)CC2)cc1C. The number of esters is 1. The molecule has 0 atom stereocenters. The molecule has 1 saturated heterocycles. The number of carbonyl (C=O) groups excluding carboxylic acids is 1. The molecular weight excluding hydrogens is 444 g/mol. The van der Waals surface area contributed by atoms with Gasteiger partial charge in [0.05, 0.1) is 6.61 Å². The van der Waals surface area contributed by atoms with Crippen LogP contribution in [0.15, 0.2) is 41.3 Å². The number of piperazine rings is 1. The van der Waals surface area contributed by atoms with Crippen molar-refractivity contribution < 1.29 is 14.3 Å². The van der Waals surface area contributed by atoms with E-state index < -0.39 is 5.60 Å². The van der Waals surface area contributed by atoms with Crippen molar-refractivity contribution >= 4 is 17.7 Å². The van der Waals surface area contributed by atoms with Crippen molar-refractivity contribution in [3.05, 3.63) is 58.7 Å². The third-order valence-corrected chi connectivity index (χ3v) is 7.13. The monoisotopic (exact) mass is 484 g/mol. The van der Waals surface area contributed by atoms with E-state index in [4.69, 9.17) is 9.47 Å². The summed E-state index contributed by atoms with van der Waals surface area (Å²) in [6.45, 7) is 16.3. The lowest BCUT2D eigenvalue weighted by molar-refractivity contribution is -0.158. The summed E-state index contributed by atoms with van der Waals surface area (Å²) in [4.78, 5) is 18.7. The van der Waals surface area contributed by atoms with Crippen molar-refractivity contribution in [1.29, 1.82) is 0 Å². The predicted octanol–water partition coefficient (Wildman–Crippen LogP) is 5.11. The highest BCUT2D eigenvalue weighted by Crippen LogP contribution is 2.29. The fourth-order valence-electron chi connectivity index (χ4n) is 4.39. The van der Waals surface area contributed by atoms with Crippen molar-refractivity contribution in [2.45, 2.75) is 58.1 Å². The number of aryl methyl sites for hydroxylation is 2. The topological polar surface area (TPSA) is 42.0 Å². The Morgan fingerprint density at radius 3 is 2.12 bits per heavy atom. The lowest BCUT2D eigenvalue weighted by Crippen LogP contribution is -2.46. The summed E-state index contributed by atoms with van der Waals surface area (Å²) in [5.41, 5.74) is 3.82. The quantitative estimate of drug-likeness (QED) is 0.345. The summed E-state index contributed by atoms with van der Waals surface area (Å²) in [7, 11) is 0. The van der Waals surface area contributed by atoms with Gasteiger partial charge in [-0.25, -0.2) is 4.79 Å². The second-order valence-electron chi connectivity index (χ2n) is 9.61. The Balaban J connectivity index is 1.49. The molecule has 0 spiro atoms. The van der Waals surface area contributed by atoms with Crippen LogP contribution in [-0.2, 0) is 22.5 Å². The number of thioether (sulfide) groups is 1. The molecule has 2 aromatic carbocycles. The summed E-state index contributed by atoms with van der Waals surface area (Å²) in [6, 6.07) is 13.3. The first kappa shape index (κ1) is 26.6. The predicted molar refractivity (Wildman–Crippen MR) is 141 cm³/mol. The highest BCUT2D eigenvalue weighted by molar-refractivity contribution is 7.98. The van der Waals surface area contributed by atoms with Crippen molar-refractivity contribution in [2.24, 2.45) is 0 Å². The largest absolute Gasteiger partial charge is 0.476 e. The molecule has 34 heavy (non-hydrogen) atoms. The van der Waals surface area contributed by atoms with Crippen molar-refractivity contribution in [2.75, 3.05) is 45.6 Å². The van der Waals surface area contributed by atoms with E-state index in [0.717, 1.165) is 62.6 Å². The third-order valence-electron chi connectivity index (χ3n) is 6.39. The van der Waals surface area contributed by atoms with E-state index in [9.17, 15) is 4.79 Å². The van der Waals surface area contributed by atoms with Gasteiger partial charge < -0.3 is 14.4 Å². The molecule has 0 amide bonds. The van der Waals surface area contributed by atoms with Crippen LogP contribution in [0.3, 0.4) is 0 Å². The van der Waals surface area contributed by atoms with Gasteiger partial charge in [0.25, 0.3) is 0 Å². The van der Waals surface area contributed by atoms with Gasteiger partial charge in [-0.2, -0.15) is 0 Å². The number of hydrogen-bond acceptors (Lipinski definition) is 6. The molecule has 0 aromatic heterocycles. The van der Waals surface area contributed by atoms with E-state index in [1.165, 1.54) is 16.0 Å². The number of ether oxygens (including phenoxy) is 2. The minimum Gasteiger partial charge on any atom is -0.476 e. The second-order valence-corrected chi connectivity index (χ2v) is 10.5. The van der Waals surface area contributed by atoms with Crippen LogP contribution in [0.25, 0.3) is 0 Å². The molecule has 6 heteroatoms. The van der Waals surface area contributed by atoms with Gasteiger partial charge in [0, 0.05) is 44.2 Å². The van der Waals surface area contributed by atoms with Gasteiger partial charge in [0.15, 0.2) is 5.60 Å². The molecule has 0 unspecified atom stereocenters. The van der Waals surface area contributed by atoms with E-state index in [-0.39, 0.29) is 5.97 Å². The van der Waals surface area contributed by atoms with Crippen LogP contribution < -0.4 is 4.74 Å². The van der Waals surface area contributed by atoms with Gasteiger partial charge in [-0.15, -0.1) is 11.8 Å². The van der Waals surface area contributed by atoms with E-state index in [0.29, 0.717) is 6.61 Å². The minimum absolute atomic E-state index is 0.339. The fraction of sp³-hybridized carbons (Fsp3) is 0.536. The maximum absolute atomic E-state index is 12.2. The Morgan fingerprint density at radius 2 is 1.56 bits per heavy atom. The molecule has 0 N–H and O–H groups in total. The molecule has 3 rings (SSSR count). The van der Waals surface area contributed by atoms with Gasteiger partial charge in [-0.05, 0) is 81.7 Å². The molecule has 0 saturated carbocycles. The smallest absolute Gasteiger partial charge is 0.349 e. The maximum Gasteiger partial charge on any atom is 0.349 e. The lowest BCUT2D eigenvalue weighted by atomic mass is 10.0. The zero-order chi connectivity index (χ0) is 24.7. The second kappa shape index (κ2) is 12.1. The van der Waals surface area contributed by atoms with E-state index in [2.05, 4.69) is 66.3 Å². The molecule has 5 nitrogen and oxygen atoms in total. The maximum atomic E-state index is 12.2. The number of carbonyl (C=O) groups is 1. The first-order valence-electron chi connectivity index (χ1n) is 12.3. The van der Waals surface area contributed by atoms with Gasteiger partial charge in [-0.1, -0.05) is 24.3 Å². The minimum atomic E-state index is -1.01. The fourth-order valence-corrected chi connectivity index (χ4v) is 4.80. The zero-order valence-corrected chi connectivity index (χ0v) is 22.5. The molecule has 0 aliphatic carbocycles. The first-order valence-corrected chi connectivity index (χ1v) is 13.5. The average molecular weight is 485 g/mol. The lowest BCUT2D eigenvalue weighted by Gasteiger charge is -2.34. The third kappa shape index (κ3) is 7.24. The van der Waals surface area contributed by atoms with Gasteiger partial charge in [0.1, 0.15) is 5.75 Å². The van der Waals surface area contributed by atoms with Crippen LogP contribution in [0, 0.1) is 13.8 Å². The van der Waals surface area contributed by atoms with E-state index >= 15 is 0 Å². The number of nitrogens with zero attached hydrogens (tertiary/aromatic N) is 2. The number of benzene rings is 2. The van der Waals surface area contributed by atoms with Crippen LogP contribution in [0.5, 0.6) is 5.75 Å². The van der Waals surface area contributed by atoms with Crippen molar-refractivity contribution in [3.8, 4) is 5.75 Å². The van der Waals surface area contributed by atoms with Crippen LogP contribution in [0.2, 0.25) is 0 Å². The Hall–Kier alpha value is -2.02. The molecule has 1 heterocycles. The Bertz CT molecular complexity index is 928. The molecule has 1 aliphatic heterocycles. The van der Waals surface area contributed by atoms with Gasteiger partial charge in [0.2, 0.25) is 0 Å². The Labute approximate surface area is 209 Å². The molecule has 0 radical (unpaired) electrons. The standard InChI is InChI=1S/C28H40N2O3S/c1-7-32-27(31)28(4,5)33-26-21(2)18-24(19-22(26)3)12-13-29-14-16-30(17-15-29)20-23-8-10-25(34-6)11-9-23/h8-11,18-19H,7,12-17,20H2,1-6H3. The van der Waals surface area contributed by atoms with Crippen LogP contribution >= 0.6 is 11.8 Å². The van der Waals surface area contributed by atoms with Crippen LogP contribution in [0.4, 0.5) is 0 Å². The molecular formula is C28H40N2O3S. The van der Waals surface area contributed by atoms with E-state index in [1.807, 2.05) is 6.92 Å². The van der Waals surface area contributed by atoms with E-state index in [1.54, 1.807) is 25.6 Å². The number of hydrogen-bond donors (Lipinski definition) is 0. The summed E-state index contributed by atoms with van der Waals surface area (Å²) in [6.07, 6.45) is 3.13. The van der Waals surface area contributed by atoms with Gasteiger partial charge in [-0.3, -0.25) is 4.90 Å². The molecule has 186 valence electrons. The van der Waals surface area contributed by atoms with Crippen molar-refractivity contribution in [1.82, 2.24) is 9.80 Å². The van der Waals surface area contributed by atoms with Crippen molar-refractivity contribution in [3.63, 3.8) is 0 Å². The van der Waals surface area contributed by atoms with Gasteiger partial charge >= 0.3 is 5.97 Å².